The van der Waals surface area contributed by atoms with Crippen LogP contribution in [0.5, 0.6) is 5.75 Å². The maximum absolute atomic E-state index is 13.7. The first-order valence-electron chi connectivity index (χ1n) is 13.5. The Hall–Kier alpha value is -4.05. The number of aromatic nitrogens is 1. The summed E-state index contributed by atoms with van der Waals surface area (Å²) in [6, 6.07) is 1.97. The molecular formula is C31H38F3N5O2. The Kier molecular flexibility index (Phi) is 11.2. The van der Waals surface area contributed by atoms with Crippen molar-refractivity contribution in [1.29, 1.82) is 0 Å². The quantitative estimate of drug-likeness (QED) is 0.273. The first-order valence-corrected chi connectivity index (χ1v) is 13.5. The first kappa shape index (κ1) is 31.5. The summed E-state index contributed by atoms with van der Waals surface area (Å²) in [6.45, 7) is 6.27. The van der Waals surface area contributed by atoms with Crippen LogP contribution in [-0.4, -0.2) is 36.8 Å². The number of allylic oxidation sites excluding steroid dienone is 8. The molecule has 0 fully saturated rings. The molecule has 2 aliphatic rings. The van der Waals surface area contributed by atoms with Crippen molar-refractivity contribution in [1.82, 2.24) is 20.9 Å². The van der Waals surface area contributed by atoms with Crippen LogP contribution in [0.3, 0.4) is 0 Å². The molecule has 1 aromatic heterocycles. The third-order valence-electron chi connectivity index (χ3n) is 6.76. The third-order valence-corrected chi connectivity index (χ3v) is 6.76. The van der Waals surface area contributed by atoms with Gasteiger partial charge in [0.25, 0.3) is 0 Å². The molecule has 1 atom stereocenters. The lowest BCUT2D eigenvalue weighted by atomic mass is 10.1. The Labute approximate surface area is 239 Å². The molecule has 0 saturated carbocycles. The largest absolute Gasteiger partial charge is 0.495 e. The Balaban J connectivity index is 1.63. The number of hydrogen-bond acceptors (Lipinski definition) is 6. The zero-order valence-corrected chi connectivity index (χ0v) is 23.9. The lowest BCUT2D eigenvalue weighted by Gasteiger charge is -2.13. The smallest absolute Gasteiger partial charge is 0.416 e. The van der Waals surface area contributed by atoms with Crippen molar-refractivity contribution in [2.45, 2.75) is 58.7 Å². The predicted molar refractivity (Wildman–Crippen MR) is 156 cm³/mol. The molecule has 0 bridgehead atoms. The molecule has 1 aromatic rings. The molecule has 1 amide bonds. The van der Waals surface area contributed by atoms with Gasteiger partial charge in [-0.3, -0.25) is 9.78 Å². The molecule has 1 heterocycles. The Morgan fingerprint density at radius 1 is 1.20 bits per heavy atom. The minimum atomic E-state index is -4.51. The molecule has 0 saturated heterocycles. The van der Waals surface area contributed by atoms with E-state index in [2.05, 4.69) is 20.9 Å². The number of ether oxygens (including phenoxy) is 1. The summed E-state index contributed by atoms with van der Waals surface area (Å²) >= 11 is 0. The van der Waals surface area contributed by atoms with Crippen LogP contribution in [0.15, 0.2) is 94.8 Å². The van der Waals surface area contributed by atoms with E-state index in [4.69, 9.17) is 10.5 Å². The van der Waals surface area contributed by atoms with Gasteiger partial charge in [-0.05, 0) is 62.1 Å². The average Bonchev–Trinajstić information content (AvgIpc) is 3.26. The number of rotatable bonds is 11. The molecule has 1 unspecified atom stereocenters. The van der Waals surface area contributed by atoms with Crippen molar-refractivity contribution in [2.75, 3.05) is 13.7 Å². The van der Waals surface area contributed by atoms with Crippen molar-refractivity contribution in [3.63, 3.8) is 0 Å². The number of amides is 1. The van der Waals surface area contributed by atoms with Crippen LogP contribution in [0.25, 0.3) is 5.70 Å². The molecular weight excluding hydrogens is 531 g/mol. The van der Waals surface area contributed by atoms with Gasteiger partial charge in [0.15, 0.2) is 0 Å². The van der Waals surface area contributed by atoms with Crippen molar-refractivity contribution in [3.05, 3.63) is 100 Å². The van der Waals surface area contributed by atoms with E-state index < -0.39 is 11.7 Å². The standard InChI is InChI=1S/C31H38F3N5O2/c1-5-21(3)37-16-23-8-7-22(12-25(13-23)31(32,33)34)14-30(40)39-26-9-6-20(2)29(11-10-26)38-19-28(35)24-15-27(41-4)18-36-17-24/h6-7,9,11-13,15,17-19,21,37-38H,5,8,10,14,16,35H2,1-4H3,(H,39,40)/b28-19-. The summed E-state index contributed by atoms with van der Waals surface area (Å²) in [6.07, 6.45) is 11.3. The molecule has 7 nitrogen and oxygen atoms in total. The normalized spacial score (nSPS) is 17.0. The summed E-state index contributed by atoms with van der Waals surface area (Å²) in [4.78, 5) is 17.0. The van der Waals surface area contributed by atoms with Gasteiger partial charge in [-0.2, -0.15) is 13.2 Å². The average molecular weight is 570 g/mol. The summed E-state index contributed by atoms with van der Waals surface area (Å²) in [5.41, 5.74) is 9.91. The molecule has 0 aliphatic heterocycles. The van der Waals surface area contributed by atoms with Crippen LogP contribution < -0.4 is 26.4 Å². The van der Waals surface area contributed by atoms with E-state index in [1.807, 2.05) is 32.9 Å². The number of carbonyl (C=O) groups is 1. The van der Waals surface area contributed by atoms with E-state index >= 15 is 0 Å². The number of alkyl halides is 3. The maximum Gasteiger partial charge on any atom is 0.416 e. The minimum absolute atomic E-state index is 0.164. The zero-order chi connectivity index (χ0) is 30.0. The van der Waals surface area contributed by atoms with E-state index in [1.54, 1.807) is 43.9 Å². The Morgan fingerprint density at radius 3 is 2.68 bits per heavy atom. The second kappa shape index (κ2) is 14.5. The number of nitrogens with two attached hydrogens (primary N) is 1. The number of nitrogens with zero attached hydrogens (tertiary/aromatic N) is 1. The lowest BCUT2D eigenvalue weighted by molar-refractivity contribution is -0.119. The van der Waals surface area contributed by atoms with Gasteiger partial charge in [-0.1, -0.05) is 30.7 Å². The summed E-state index contributed by atoms with van der Waals surface area (Å²) in [5.74, 6) is 0.209. The van der Waals surface area contributed by atoms with Crippen molar-refractivity contribution < 1.29 is 22.7 Å². The molecule has 0 aromatic carbocycles. The van der Waals surface area contributed by atoms with Gasteiger partial charge in [0, 0.05) is 48.4 Å². The SMILES string of the molecule is CCC(C)NCC1=CC(C(F)(F)F)=CC(CC(=O)NC2=CC=C(C)C(N/C=C(\N)c3cncc(OC)c3)=CC2)=CC1. The van der Waals surface area contributed by atoms with E-state index in [1.165, 1.54) is 6.08 Å². The monoisotopic (exact) mass is 569 g/mol. The van der Waals surface area contributed by atoms with Gasteiger partial charge < -0.3 is 26.4 Å². The van der Waals surface area contributed by atoms with Gasteiger partial charge >= 0.3 is 6.18 Å². The van der Waals surface area contributed by atoms with Gasteiger partial charge in [-0.15, -0.1) is 0 Å². The van der Waals surface area contributed by atoms with Crippen molar-refractivity contribution in [2.24, 2.45) is 5.73 Å². The molecule has 0 radical (unpaired) electrons. The molecule has 2 aliphatic carbocycles. The van der Waals surface area contributed by atoms with Crippen LogP contribution in [-0.2, 0) is 4.79 Å². The van der Waals surface area contributed by atoms with E-state index in [9.17, 15) is 18.0 Å². The van der Waals surface area contributed by atoms with E-state index in [-0.39, 0.29) is 18.4 Å². The molecule has 10 heteroatoms. The lowest BCUT2D eigenvalue weighted by Crippen LogP contribution is -2.27. The van der Waals surface area contributed by atoms with E-state index in [0.717, 1.165) is 23.8 Å². The Morgan fingerprint density at radius 2 is 1.98 bits per heavy atom. The van der Waals surface area contributed by atoms with Crippen LogP contribution in [0.2, 0.25) is 0 Å². The molecule has 0 spiro atoms. The fraction of sp³-hybridized carbons (Fsp3) is 0.355. The highest BCUT2D eigenvalue weighted by Gasteiger charge is 2.33. The molecule has 41 heavy (non-hydrogen) atoms. The fourth-order valence-corrected chi connectivity index (χ4v) is 4.06. The summed E-state index contributed by atoms with van der Waals surface area (Å²) in [5, 5.41) is 9.28. The van der Waals surface area contributed by atoms with E-state index in [0.29, 0.717) is 53.2 Å². The predicted octanol–water partition coefficient (Wildman–Crippen LogP) is 5.69. The number of carbonyl (C=O) groups excluding carboxylic acids is 1. The van der Waals surface area contributed by atoms with Crippen LogP contribution in [0, 0.1) is 0 Å². The number of pyridine rings is 1. The van der Waals surface area contributed by atoms with Gasteiger partial charge in [0.1, 0.15) is 5.75 Å². The number of methoxy groups -OCH3 is 1. The van der Waals surface area contributed by atoms with Gasteiger partial charge in [0.2, 0.25) is 5.91 Å². The molecule has 3 rings (SSSR count). The van der Waals surface area contributed by atoms with Gasteiger partial charge in [0.05, 0.1) is 31.0 Å². The third kappa shape index (κ3) is 9.82. The number of halogens is 3. The van der Waals surface area contributed by atoms with Crippen LogP contribution >= 0.6 is 0 Å². The van der Waals surface area contributed by atoms with Crippen LogP contribution in [0.1, 0.15) is 52.0 Å². The summed E-state index contributed by atoms with van der Waals surface area (Å²) in [7, 11) is 1.55. The zero-order valence-electron chi connectivity index (χ0n) is 23.9. The highest BCUT2D eigenvalue weighted by Crippen LogP contribution is 2.32. The van der Waals surface area contributed by atoms with Crippen molar-refractivity contribution in [3.8, 4) is 5.75 Å². The number of hydrogen-bond donors (Lipinski definition) is 4. The highest BCUT2D eigenvalue weighted by molar-refractivity contribution is 5.81. The second-order valence-corrected chi connectivity index (χ2v) is 10.0. The first-order chi connectivity index (χ1) is 19.5. The van der Waals surface area contributed by atoms with Crippen LogP contribution in [0.4, 0.5) is 13.2 Å². The second-order valence-electron chi connectivity index (χ2n) is 10.0. The minimum Gasteiger partial charge on any atom is -0.495 e. The Bertz CT molecular complexity index is 1330. The fourth-order valence-electron chi connectivity index (χ4n) is 4.06. The highest BCUT2D eigenvalue weighted by atomic mass is 19.4. The van der Waals surface area contributed by atoms with Crippen molar-refractivity contribution >= 4 is 11.6 Å². The maximum atomic E-state index is 13.7. The number of nitrogens with one attached hydrogen (secondary N) is 3. The molecule has 5 N–H and O–H groups in total. The topological polar surface area (TPSA) is 101 Å². The molecule has 220 valence electrons. The van der Waals surface area contributed by atoms with Gasteiger partial charge in [-0.25, -0.2) is 0 Å². The summed E-state index contributed by atoms with van der Waals surface area (Å²) < 4.78 is 46.3.